The summed E-state index contributed by atoms with van der Waals surface area (Å²) in [5.74, 6) is -0.451. The predicted molar refractivity (Wildman–Crippen MR) is 115 cm³/mol. The van der Waals surface area contributed by atoms with E-state index in [2.05, 4.69) is 24.9 Å². The summed E-state index contributed by atoms with van der Waals surface area (Å²) in [5, 5.41) is 6.89. The molecule has 2 aromatic rings. The predicted octanol–water partition coefficient (Wildman–Crippen LogP) is 3.48. The second-order valence-corrected chi connectivity index (χ2v) is 8.43. The molecule has 8 heteroatoms. The van der Waals surface area contributed by atoms with Crippen molar-refractivity contribution in [3.05, 3.63) is 58.6 Å². The average molecular weight is 418 g/mol. The van der Waals surface area contributed by atoms with Crippen molar-refractivity contribution in [1.82, 2.24) is 5.32 Å². The number of ether oxygens (including phenoxy) is 1. The van der Waals surface area contributed by atoms with Crippen molar-refractivity contribution in [3.63, 3.8) is 0 Å². The monoisotopic (exact) mass is 417 g/mol. The third-order valence-corrected chi connectivity index (χ3v) is 4.45. The Hall–Kier alpha value is -2.43. The number of alkyl carbamates (subject to hydrolysis) is 1. The van der Waals surface area contributed by atoms with Gasteiger partial charge in [0.2, 0.25) is 6.17 Å². The summed E-state index contributed by atoms with van der Waals surface area (Å²) in [6, 6.07) is 12.7. The number of anilines is 1. The van der Waals surface area contributed by atoms with Gasteiger partial charge in [-0.05, 0) is 50.3 Å². The molecule has 2 N–H and O–H groups in total. The highest BCUT2D eigenvalue weighted by molar-refractivity contribution is 7.27. The number of benzene rings is 2. The van der Waals surface area contributed by atoms with Gasteiger partial charge in [0.25, 0.3) is 5.91 Å². The molecular formula is C20H21ClN3O3P. The fourth-order valence-electron chi connectivity index (χ4n) is 2.68. The fourth-order valence-corrected chi connectivity index (χ4v) is 3.07. The number of hydrogen-bond donors (Lipinski definition) is 2. The normalized spacial score (nSPS) is 16.4. The first-order valence-electron chi connectivity index (χ1n) is 8.66. The summed E-state index contributed by atoms with van der Waals surface area (Å²) < 4.78 is 5.26. The number of halogens is 1. The molecule has 2 atom stereocenters. The lowest BCUT2D eigenvalue weighted by Gasteiger charge is -2.21. The van der Waals surface area contributed by atoms with E-state index in [9.17, 15) is 9.59 Å². The summed E-state index contributed by atoms with van der Waals surface area (Å²) in [5.41, 5.74) is 2.00. The Balaban J connectivity index is 2.04. The van der Waals surface area contributed by atoms with Gasteiger partial charge in [-0.15, -0.1) is 9.24 Å². The molecule has 6 nitrogen and oxygen atoms in total. The highest BCUT2D eigenvalue weighted by Gasteiger charge is 2.29. The molecule has 0 fully saturated rings. The number of benzodiazepines with no additional fused rings is 1. The zero-order valence-corrected chi connectivity index (χ0v) is 17.7. The number of carbonyl (C=O) groups excluding carboxylic acids is 2. The van der Waals surface area contributed by atoms with E-state index >= 15 is 0 Å². The molecule has 28 heavy (non-hydrogen) atoms. The first-order chi connectivity index (χ1) is 13.1. The average Bonchev–Trinajstić information content (AvgIpc) is 2.71. The van der Waals surface area contributed by atoms with Gasteiger partial charge in [-0.25, -0.2) is 9.79 Å². The quantitative estimate of drug-likeness (QED) is 0.734. The Labute approximate surface area is 170 Å². The summed E-state index contributed by atoms with van der Waals surface area (Å²) in [7, 11) is 2.62. The van der Waals surface area contributed by atoms with Gasteiger partial charge >= 0.3 is 6.09 Å². The van der Waals surface area contributed by atoms with Crippen molar-refractivity contribution >= 4 is 49.5 Å². The molecule has 0 aromatic heterocycles. The van der Waals surface area contributed by atoms with Gasteiger partial charge < -0.3 is 10.1 Å². The van der Waals surface area contributed by atoms with E-state index in [1.807, 2.05) is 24.3 Å². The van der Waals surface area contributed by atoms with Gasteiger partial charge in [0.15, 0.2) is 0 Å². The van der Waals surface area contributed by atoms with Gasteiger partial charge in [-0.3, -0.25) is 10.1 Å². The van der Waals surface area contributed by atoms with Crippen LogP contribution in [0.4, 0.5) is 10.5 Å². The molecule has 146 valence electrons. The SMILES string of the molecule is CC(C)(C)OC(=O)NC1N=C(c2ccc(Cl)cc2)c2cc(P)ccc2NC1=O. The Bertz CT molecular complexity index is 952. The van der Waals surface area contributed by atoms with Crippen LogP contribution in [0, 0.1) is 0 Å². The van der Waals surface area contributed by atoms with E-state index in [-0.39, 0.29) is 0 Å². The zero-order valence-electron chi connectivity index (χ0n) is 15.7. The fraction of sp³-hybridized carbons (Fsp3) is 0.250. The van der Waals surface area contributed by atoms with Crippen LogP contribution in [0.1, 0.15) is 31.9 Å². The third-order valence-electron chi connectivity index (χ3n) is 3.83. The summed E-state index contributed by atoms with van der Waals surface area (Å²) in [6.45, 7) is 5.25. The van der Waals surface area contributed by atoms with Crippen LogP contribution in [0.3, 0.4) is 0 Å². The zero-order chi connectivity index (χ0) is 20.5. The smallest absolute Gasteiger partial charge is 0.409 e. The van der Waals surface area contributed by atoms with E-state index in [1.165, 1.54) is 0 Å². The van der Waals surface area contributed by atoms with Gasteiger partial charge in [0.05, 0.1) is 11.4 Å². The van der Waals surface area contributed by atoms with Crippen molar-refractivity contribution < 1.29 is 14.3 Å². The minimum absolute atomic E-state index is 0.451. The standard InChI is InChI=1S/C20H21ClN3O3P/c1-20(2,3)27-19(26)24-17-18(25)22-15-9-8-13(28)10-14(15)16(23-17)11-4-6-12(21)7-5-11/h4-10,17H,28H2,1-3H3,(H,22,25)(H,24,26). The summed E-state index contributed by atoms with van der Waals surface area (Å²) >= 11 is 6.01. The van der Waals surface area contributed by atoms with Crippen LogP contribution < -0.4 is 15.9 Å². The number of rotatable bonds is 2. The number of carbonyl (C=O) groups is 2. The van der Waals surface area contributed by atoms with Crippen LogP contribution in [0.5, 0.6) is 0 Å². The summed E-state index contributed by atoms with van der Waals surface area (Å²) in [6.07, 6.45) is -1.86. The van der Waals surface area contributed by atoms with Crippen LogP contribution in [-0.4, -0.2) is 29.5 Å². The molecule has 1 heterocycles. The molecule has 3 rings (SSSR count). The van der Waals surface area contributed by atoms with E-state index in [0.29, 0.717) is 16.4 Å². The first kappa shape index (κ1) is 20.3. The van der Waals surface area contributed by atoms with E-state index in [1.54, 1.807) is 39.0 Å². The topological polar surface area (TPSA) is 79.8 Å². The lowest BCUT2D eigenvalue weighted by Crippen LogP contribution is -2.44. The van der Waals surface area contributed by atoms with Crippen molar-refractivity contribution in [2.24, 2.45) is 4.99 Å². The minimum atomic E-state index is -1.14. The van der Waals surface area contributed by atoms with Gasteiger partial charge in [-0.1, -0.05) is 29.8 Å². The van der Waals surface area contributed by atoms with Crippen LogP contribution in [-0.2, 0) is 9.53 Å². The third kappa shape index (κ3) is 4.89. The van der Waals surface area contributed by atoms with Gasteiger partial charge in [0.1, 0.15) is 5.60 Å². The minimum Gasteiger partial charge on any atom is -0.444 e. The molecule has 0 aliphatic carbocycles. The van der Waals surface area contributed by atoms with Crippen LogP contribution in [0.2, 0.25) is 5.02 Å². The first-order valence-corrected chi connectivity index (χ1v) is 9.62. The molecule has 2 unspecified atom stereocenters. The van der Waals surface area contributed by atoms with Crippen molar-refractivity contribution in [2.75, 3.05) is 5.32 Å². The molecule has 0 saturated heterocycles. The highest BCUT2D eigenvalue weighted by atomic mass is 35.5. The molecule has 0 spiro atoms. The number of amides is 2. The Kier molecular flexibility index (Phi) is 5.73. The Morgan fingerprint density at radius 1 is 1.21 bits per heavy atom. The Morgan fingerprint density at radius 3 is 2.54 bits per heavy atom. The maximum atomic E-state index is 12.7. The molecular weight excluding hydrogens is 397 g/mol. The van der Waals surface area contributed by atoms with Crippen molar-refractivity contribution in [3.8, 4) is 0 Å². The van der Waals surface area contributed by atoms with Crippen LogP contribution in [0.15, 0.2) is 47.5 Å². The second kappa shape index (κ2) is 7.90. The molecule has 0 saturated carbocycles. The van der Waals surface area contributed by atoms with E-state index in [0.717, 1.165) is 16.4 Å². The van der Waals surface area contributed by atoms with E-state index < -0.39 is 23.8 Å². The molecule has 1 aliphatic heterocycles. The lowest BCUT2D eigenvalue weighted by atomic mass is 10.0. The van der Waals surface area contributed by atoms with Gasteiger partial charge in [-0.2, -0.15) is 0 Å². The largest absolute Gasteiger partial charge is 0.444 e. The maximum absolute atomic E-state index is 12.7. The van der Waals surface area contributed by atoms with Crippen molar-refractivity contribution in [1.29, 1.82) is 0 Å². The number of fused-ring (bicyclic) bond motifs is 1. The van der Waals surface area contributed by atoms with Crippen LogP contribution in [0.25, 0.3) is 0 Å². The summed E-state index contributed by atoms with van der Waals surface area (Å²) in [4.78, 5) is 29.4. The highest BCUT2D eigenvalue weighted by Crippen LogP contribution is 2.24. The number of nitrogens with one attached hydrogen (secondary N) is 2. The molecule has 0 radical (unpaired) electrons. The van der Waals surface area contributed by atoms with Crippen molar-refractivity contribution in [2.45, 2.75) is 32.5 Å². The van der Waals surface area contributed by atoms with Gasteiger partial charge in [0, 0.05) is 16.1 Å². The number of nitrogens with zero attached hydrogens (tertiary/aromatic N) is 1. The Morgan fingerprint density at radius 2 is 1.89 bits per heavy atom. The number of hydrogen-bond acceptors (Lipinski definition) is 4. The molecule has 2 amide bonds. The van der Waals surface area contributed by atoms with E-state index in [4.69, 9.17) is 16.3 Å². The maximum Gasteiger partial charge on any atom is 0.409 e. The second-order valence-electron chi connectivity index (χ2n) is 7.33. The van der Waals surface area contributed by atoms with Crippen LogP contribution >= 0.6 is 20.8 Å². The molecule has 2 aromatic carbocycles. The lowest BCUT2D eigenvalue weighted by molar-refractivity contribution is -0.118. The molecule has 0 bridgehead atoms. The molecule has 1 aliphatic rings. The number of aliphatic imine (C=N–C) groups is 1.